The molecule has 0 saturated heterocycles. The Morgan fingerprint density at radius 3 is 2.37 bits per heavy atom. The van der Waals surface area contributed by atoms with Crippen LogP contribution in [-0.4, -0.2) is 18.1 Å². The summed E-state index contributed by atoms with van der Waals surface area (Å²) in [6.07, 6.45) is 2.42. The molecule has 0 aliphatic heterocycles. The fourth-order valence-electron chi connectivity index (χ4n) is 3.37. The molecule has 0 radical (unpaired) electrons. The van der Waals surface area contributed by atoms with E-state index in [0.29, 0.717) is 12.0 Å². The highest BCUT2D eigenvalue weighted by Gasteiger charge is 2.43. The van der Waals surface area contributed by atoms with Crippen molar-refractivity contribution in [1.29, 1.82) is 0 Å². The van der Waals surface area contributed by atoms with Crippen LogP contribution in [0.25, 0.3) is 0 Å². The third kappa shape index (κ3) is 2.25. The third-order valence-corrected chi connectivity index (χ3v) is 5.53. The molecule has 0 amide bonds. The van der Waals surface area contributed by atoms with E-state index in [9.17, 15) is 18.1 Å². The quantitative estimate of drug-likeness (QED) is 0.725. The Labute approximate surface area is 114 Å². The van der Waals surface area contributed by atoms with E-state index in [-0.39, 0.29) is 22.5 Å². The minimum Gasteiger partial charge on any atom is -0.512 e. The molecule has 2 N–H and O–H groups in total. The van der Waals surface area contributed by atoms with Gasteiger partial charge >= 0.3 is 0 Å². The summed E-state index contributed by atoms with van der Waals surface area (Å²) in [5.74, 6) is -0.312. The van der Waals surface area contributed by atoms with Gasteiger partial charge in [-0.25, -0.2) is 0 Å². The van der Waals surface area contributed by atoms with Gasteiger partial charge in [0.15, 0.2) is 0 Å². The van der Waals surface area contributed by atoms with Crippen LogP contribution in [0.5, 0.6) is 0 Å². The molecule has 2 aliphatic rings. The van der Waals surface area contributed by atoms with Gasteiger partial charge in [0.05, 0.1) is 10.7 Å². The lowest BCUT2D eigenvalue weighted by molar-refractivity contribution is 0.220. The average Bonchev–Trinajstić information content (AvgIpc) is 2.23. The Morgan fingerprint density at radius 2 is 1.84 bits per heavy atom. The van der Waals surface area contributed by atoms with E-state index in [2.05, 4.69) is 0 Å². The highest BCUT2D eigenvalue weighted by molar-refractivity contribution is 7.89. The lowest BCUT2D eigenvalue weighted by atomic mass is 9.69. The fraction of sp³-hybridized carbons (Fsp3) is 0.571. The normalized spacial score (nSPS) is 32.3. The SMILES string of the molecule is CC1=CC2C(S(=O)(=O)O)=C(C)CC(C)C2C(O)=C1C. The smallest absolute Gasteiger partial charge is 0.291 e. The van der Waals surface area contributed by atoms with Crippen molar-refractivity contribution in [3.8, 4) is 0 Å². The van der Waals surface area contributed by atoms with Crippen LogP contribution in [0.4, 0.5) is 0 Å². The first-order valence-corrected chi connectivity index (χ1v) is 7.84. The Bertz CT molecular complexity index is 607. The van der Waals surface area contributed by atoms with E-state index in [4.69, 9.17) is 0 Å². The highest BCUT2D eigenvalue weighted by Crippen LogP contribution is 2.48. The number of aliphatic hydroxyl groups excluding tert-OH is 1. The van der Waals surface area contributed by atoms with Crippen LogP contribution in [0, 0.1) is 17.8 Å². The van der Waals surface area contributed by atoms with E-state index in [1.54, 1.807) is 6.92 Å². The standard InChI is InChI=1S/C14H20O4S/c1-7-6-11-12(13(15)10(7)4)8(2)5-9(3)14(11)19(16,17)18/h6,8,11-12,15H,5H2,1-4H3,(H,16,17,18). The molecular weight excluding hydrogens is 264 g/mol. The van der Waals surface area contributed by atoms with E-state index in [1.165, 1.54) is 0 Å². The van der Waals surface area contributed by atoms with Crippen molar-refractivity contribution < 1.29 is 18.1 Å². The molecule has 0 bridgehead atoms. The number of fused-ring (bicyclic) bond motifs is 1. The van der Waals surface area contributed by atoms with Crippen LogP contribution in [-0.2, 0) is 10.1 Å². The molecule has 106 valence electrons. The van der Waals surface area contributed by atoms with Crippen LogP contribution in [0.3, 0.4) is 0 Å². The summed E-state index contributed by atoms with van der Waals surface area (Å²) in [6.45, 7) is 7.42. The summed E-state index contributed by atoms with van der Waals surface area (Å²) in [5.41, 5.74) is 2.36. The molecular formula is C14H20O4S. The van der Waals surface area contributed by atoms with Gasteiger partial charge in [0, 0.05) is 11.8 Å². The lowest BCUT2D eigenvalue weighted by Crippen LogP contribution is -2.34. The second kappa shape index (κ2) is 4.49. The van der Waals surface area contributed by atoms with E-state index in [1.807, 2.05) is 26.8 Å². The Hall–Kier alpha value is -1.07. The van der Waals surface area contributed by atoms with Crippen LogP contribution >= 0.6 is 0 Å². The van der Waals surface area contributed by atoms with Gasteiger partial charge in [0.2, 0.25) is 0 Å². The molecule has 2 rings (SSSR count). The largest absolute Gasteiger partial charge is 0.512 e. The first-order chi connectivity index (χ1) is 8.64. The second-order valence-corrected chi connectivity index (χ2v) is 7.10. The number of hydrogen-bond donors (Lipinski definition) is 2. The molecule has 0 aromatic carbocycles. The summed E-state index contributed by atoms with van der Waals surface area (Å²) in [5, 5.41) is 10.3. The zero-order chi connectivity index (χ0) is 14.5. The molecule has 4 nitrogen and oxygen atoms in total. The van der Waals surface area contributed by atoms with Gasteiger partial charge in [-0.2, -0.15) is 8.42 Å². The Balaban J connectivity index is 2.66. The predicted molar refractivity (Wildman–Crippen MR) is 74.1 cm³/mol. The number of aliphatic hydroxyl groups is 1. The highest BCUT2D eigenvalue weighted by atomic mass is 32.2. The fourth-order valence-corrected chi connectivity index (χ4v) is 4.45. The molecule has 2 aliphatic carbocycles. The molecule has 0 spiro atoms. The number of rotatable bonds is 1. The van der Waals surface area contributed by atoms with Gasteiger partial charge in [-0.1, -0.05) is 18.6 Å². The number of allylic oxidation sites excluding steroid dienone is 6. The number of hydrogen-bond acceptors (Lipinski definition) is 3. The van der Waals surface area contributed by atoms with Gasteiger partial charge < -0.3 is 5.11 Å². The van der Waals surface area contributed by atoms with Crippen molar-refractivity contribution in [2.45, 2.75) is 34.1 Å². The van der Waals surface area contributed by atoms with Gasteiger partial charge in [0.1, 0.15) is 0 Å². The summed E-state index contributed by atoms with van der Waals surface area (Å²) in [7, 11) is -4.23. The Morgan fingerprint density at radius 1 is 1.26 bits per heavy atom. The van der Waals surface area contributed by atoms with E-state index >= 15 is 0 Å². The van der Waals surface area contributed by atoms with Crippen LogP contribution in [0.1, 0.15) is 34.1 Å². The van der Waals surface area contributed by atoms with Crippen LogP contribution in [0.2, 0.25) is 0 Å². The Kier molecular flexibility index (Phi) is 3.39. The monoisotopic (exact) mass is 284 g/mol. The van der Waals surface area contributed by atoms with Crippen molar-refractivity contribution in [1.82, 2.24) is 0 Å². The van der Waals surface area contributed by atoms with Gasteiger partial charge in [-0.05, 0) is 44.3 Å². The first kappa shape index (κ1) is 14.3. The van der Waals surface area contributed by atoms with E-state index < -0.39 is 16.0 Å². The molecule has 0 fully saturated rings. The summed E-state index contributed by atoms with van der Waals surface area (Å²) in [6, 6.07) is 0. The topological polar surface area (TPSA) is 74.6 Å². The maximum absolute atomic E-state index is 11.6. The molecule has 0 saturated carbocycles. The van der Waals surface area contributed by atoms with Gasteiger partial charge in [0.25, 0.3) is 10.1 Å². The molecule has 3 atom stereocenters. The maximum atomic E-state index is 11.6. The summed E-state index contributed by atoms with van der Waals surface area (Å²) < 4.78 is 32.7. The minimum absolute atomic E-state index is 0.0639. The zero-order valence-corrected chi connectivity index (χ0v) is 12.5. The first-order valence-electron chi connectivity index (χ1n) is 6.40. The van der Waals surface area contributed by atoms with Crippen molar-refractivity contribution in [2.24, 2.45) is 17.8 Å². The van der Waals surface area contributed by atoms with Crippen molar-refractivity contribution in [3.05, 3.63) is 33.5 Å². The molecule has 19 heavy (non-hydrogen) atoms. The molecule has 0 heterocycles. The molecule has 0 aromatic heterocycles. The zero-order valence-electron chi connectivity index (χ0n) is 11.6. The lowest BCUT2D eigenvalue weighted by Gasteiger charge is -2.39. The maximum Gasteiger partial charge on any atom is 0.291 e. The summed E-state index contributed by atoms with van der Waals surface area (Å²) >= 11 is 0. The predicted octanol–water partition coefficient (Wildman–Crippen LogP) is 3.21. The molecule has 5 heteroatoms. The van der Waals surface area contributed by atoms with Gasteiger partial charge in [-0.3, -0.25) is 4.55 Å². The van der Waals surface area contributed by atoms with Crippen molar-refractivity contribution >= 4 is 10.1 Å². The van der Waals surface area contributed by atoms with Gasteiger partial charge in [-0.15, -0.1) is 0 Å². The third-order valence-electron chi connectivity index (χ3n) is 4.35. The average molecular weight is 284 g/mol. The van der Waals surface area contributed by atoms with Crippen molar-refractivity contribution in [2.75, 3.05) is 0 Å². The second-order valence-electron chi connectivity index (χ2n) is 5.71. The molecule has 0 aromatic rings. The van der Waals surface area contributed by atoms with E-state index in [0.717, 1.165) is 11.1 Å². The molecule has 3 unspecified atom stereocenters. The summed E-state index contributed by atoms with van der Waals surface area (Å²) in [4.78, 5) is 0.0639. The van der Waals surface area contributed by atoms with Crippen LogP contribution < -0.4 is 0 Å². The van der Waals surface area contributed by atoms with Crippen molar-refractivity contribution in [3.63, 3.8) is 0 Å². The minimum atomic E-state index is -4.23. The van der Waals surface area contributed by atoms with Crippen LogP contribution in [0.15, 0.2) is 33.5 Å².